The quantitative estimate of drug-likeness (QED) is 0.302. The number of nitrogens with one attached hydrogen (secondary N) is 3. The topological polar surface area (TPSA) is 177 Å². The molecule has 0 bridgehead atoms. The second kappa shape index (κ2) is 11.7. The fraction of sp³-hybridized carbons (Fsp3) is 0.280. The summed E-state index contributed by atoms with van der Waals surface area (Å²) in [4.78, 5) is 33.6. The molecular weight excluding hydrogens is 524 g/mol. The minimum absolute atomic E-state index is 0.0829. The highest BCUT2D eigenvalue weighted by atomic mass is 35.5. The molecule has 14 heteroatoms. The van der Waals surface area contributed by atoms with Crippen molar-refractivity contribution >= 4 is 29.5 Å². The Bertz CT molecular complexity index is 1480. The third-order valence-electron chi connectivity index (χ3n) is 6.15. The van der Waals surface area contributed by atoms with E-state index in [4.69, 9.17) is 21.1 Å². The van der Waals surface area contributed by atoms with Crippen LogP contribution < -0.4 is 15.4 Å². The summed E-state index contributed by atoms with van der Waals surface area (Å²) in [7, 11) is 1.50. The molecule has 0 unspecified atom stereocenters. The lowest BCUT2D eigenvalue weighted by Crippen LogP contribution is -2.32. The number of halogens is 1. The van der Waals surface area contributed by atoms with Crippen LogP contribution in [0, 0.1) is 11.3 Å². The van der Waals surface area contributed by atoms with Gasteiger partial charge < -0.3 is 14.8 Å². The number of amides is 1. The van der Waals surface area contributed by atoms with Crippen LogP contribution in [0.4, 0.5) is 16.6 Å². The first kappa shape index (κ1) is 25.8. The molecule has 0 atom stereocenters. The van der Waals surface area contributed by atoms with Gasteiger partial charge in [-0.1, -0.05) is 11.6 Å². The van der Waals surface area contributed by atoms with Crippen LogP contribution in [-0.2, 0) is 4.74 Å². The number of aromatic nitrogens is 7. The van der Waals surface area contributed by atoms with Gasteiger partial charge in [0.25, 0.3) is 0 Å². The van der Waals surface area contributed by atoms with E-state index in [2.05, 4.69) is 51.8 Å². The molecule has 0 saturated heterocycles. The summed E-state index contributed by atoms with van der Waals surface area (Å²) in [6.07, 6.45) is 9.91. The van der Waals surface area contributed by atoms with Crippen molar-refractivity contribution in [3.05, 3.63) is 53.7 Å². The van der Waals surface area contributed by atoms with E-state index in [1.807, 2.05) is 0 Å². The first-order chi connectivity index (χ1) is 19.0. The van der Waals surface area contributed by atoms with E-state index in [0.717, 1.165) is 24.0 Å². The van der Waals surface area contributed by atoms with Crippen molar-refractivity contribution in [2.45, 2.75) is 37.8 Å². The highest BCUT2D eigenvalue weighted by molar-refractivity contribution is 6.32. The summed E-state index contributed by atoms with van der Waals surface area (Å²) in [5, 5.41) is 22.5. The van der Waals surface area contributed by atoms with Crippen molar-refractivity contribution in [2.75, 3.05) is 17.7 Å². The molecule has 1 amide bonds. The van der Waals surface area contributed by atoms with Crippen LogP contribution in [0.25, 0.3) is 22.5 Å². The number of rotatable bonds is 7. The van der Waals surface area contributed by atoms with Crippen LogP contribution in [-0.4, -0.2) is 60.5 Å². The lowest BCUT2D eigenvalue weighted by Gasteiger charge is -2.28. The maximum atomic E-state index is 12.4. The Hall–Kier alpha value is -4.83. The van der Waals surface area contributed by atoms with Crippen LogP contribution >= 0.6 is 11.6 Å². The average molecular weight is 547 g/mol. The molecule has 13 nitrogen and oxygen atoms in total. The van der Waals surface area contributed by atoms with Gasteiger partial charge in [-0.3, -0.25) is 10.4 Å². The molecule has 1 fully saturated rings. The summed E-state index contributed by atoms with van der Waals surface area (Å²) >= 11 is 6.15. The summed E-state index contributed by atoms with van der Waals surface area (Å²) < 4.78 is 10.6. The molecule has 5 rings (SSSR count). The van der Waals surface area contributed by atoms with Crippen molar-refractivity contribution < 1.29 is 14.3 Å². The van der Waals surface area contributed by atoms with Gasteiger partial charge in [-0.2, -0.15) is 10.4 Å². The van der Waals surface area contributed by atoms with Gasteiger partial charge in [-0.25, -0.2) is 29.7 Å². The molecule has 3 N–H and O–H groups in total. The van der Waals surface area contributed by atoms with Crippen molar-refractivity contribution in [2.24, 2.45) is 0 Å². The minimum atomic E-state index is -0.560. The summed E-state index contributed by atoms with van der Waals surface area (Å²) in [5.74, 6) is 0.750. The molecule has 1 aliphatic rings. The number of pyridine rings is 1. The number of hydrogen-bond acceptors (Lipinski definition) is 11. The van der Waals surface area contributed by atoms with E-state index in [0.29, 0.717) is 41.0 Å². The SMILES string of the molecule is COc1ncc(-c2ccc(NC(=O)O[C@H]3CC[C@H](Nc4ncc(C#N)c(-c5n[nH]cc5Cl)n4)CC3)nc2)cn1. The molecule has 1 aliphatic carbocycles. The standard InChI is InChI=1S/C25H23ClN10O3/c1-38-24-30-11-16(12-31-24)14-2-7-20(28-9-14)34-25(37)39-18-5-3-17(4-6-18)33-23-29-10-15(8-27)21(35-23)22-19(26)13-32-36-22/h2,7,9-13,17-18H,3-6H2,1H3,(H,32,36)(H,28,34,37)(H,29,33,35)/t17-,18-. The van der Waals surface area contributed by atoms with Crippen molar-refractivity contribution in [3.8, 4) is 34.6 Å². The Morgan fingerprint density at radius 3 is 2.46 bits per heavy atom. The molecule has 0 radical (unpaired) electrons. The number of methoxy groups -OCH3 is 1. The third kappa shape index (κ3) is 6.19. The van der Waals surface area contributed by atoms with Crippen LogP contribution in [0.15, 0.2) is 43.1 Å². The van der Waals surface area contributed by atoms with Crippen LogP contribution in [0.1, 0.15) is 31.2 Å². The van der Waals surface area contributed by atoms with Gasteiger partial charge in [-0.05, 0) is 37.8 Å². The molecule has 1 saturated carbocycles. The molecule has 0 spiro atoms. The van der Waals surface area contributed by atoms with Crippen molar-refractivity contribution in [1.29, 1.82) is 5.26 Å². The summed E-state index contributed by atoms with van der Waals surface area (Å²) in [5.41, 5.74) is 2.59. The zero-order chi connectivity index (χ0) is 27.2. The number of H-pyrrole nitrogens is 1. The monoisotopic (exact) mass is 546 g/mol. The fourth-order valence-corrected chi connectivity index (χ4v) is 4.34. The molecule has 4 aromatic rings. The maximum absolute atomic E-state index is 12.4. The Kier molecular flexibility index (Phi) is 7.74. The second-order valence-corrected chi connectivity index (χ2v) is 9.10. The lowest BCUT2D eigenvalue weighted by molar-refractivity contribution is 0.0840. The molecule has 198 valence electrons. The Labute approximate surface area is 228 Å². The smallest absolute Gasteiger partial charge is 0.413 e. The molecule has 0 aliphatic heterocycles. The number of carbonyl (C=O) groups excluding carboxylic acids is 1. The summed E-state index contributed by atoms with van der Waals surface area (Å²) in [6, 6.07) is 5.92. The molecular formula is C25H23ClN10O3. The van der Waals surface area contributed by atoms with E-state index in [-0.39, 0.29) is 23.7 Å². The van der Waals surface area contributed by atoms with E-state index in [9.17, 15) is 10.1 Å². The Morgan fingerprint density at radius 1 is 1.05 bits per heavy atom. The second-order valence-electron chi connectivity index (χ2n) is 8.69. The number of aromatic amines is 1. The minimum Gasteiger partial charge on any atom is -0.467 e. The van der Waals surface area contributed by atoms with Crippen molar-refractivity contribution in [3.63, 3.8) is 0 Å². The molecule has 4 heterocycles. The van der Waals surface area contributed by atoms with Crippen molar-refractivity contribution in [1.82, 2.24) is 35.1 Å². The molecule has 39 heavy (non-hydrogen) atoms. The number of nitriles is 1. The fourth-order valence-electron chi connectivity index (χ4n) is 4.16. The van der Waals surface area contributed by atoms with E-state index >= 15 is 0 Å². The van der Waals surface area contributed by atoms with Gasteiger partial charge in [0.1, 0.15) is 29.4 Å². The number of ether oxygens (including phenoxy) is 2. The summed E-state index contributed by atoms with van der Waals surface area (Å²) in [6.45, 7) is 0. The first-order valence-corrected chi connectivity index (χ1v) is 12.4. The van der Waals surface area contributed by atoms with E-state index in [1.165, 1.54) is 19.5 Å². The van der Waals surface area contributed by atoms with Gasteiger partial charge in [0.2, 0.25) is 5.95 Å². The lowest BCUT2D eigenvalue weighted by atomic mass is 9.93. The van der Waals surface area contributed by atoms with Gasteiger partial charge in [0.05, 0.1) is 23.9 Å². The number of nitrogens with zero attached hydrogens (tertiary/aromatic N) is 7. The van der Waals surface area contributed by atoms with Crippen LogP contribution in [0.5, 0.6) is 6.01 Å². The van der Waals surface area contributed by atoms with E-state index in [1.54, 1.807) is 30.7 Å². The Balaban J connectivity index is 1.11. The zero-order valence-electron chi connectivity index (χ0n) is 20.8. The zero-order valence-corrected chi connectivity index (χ0v) is 21.5. The van der Waals surface area contributed by atoms with Crippen LogP contribution in [0.2, 0.25) is 5.02 Å². The molecule has 0 aromatic carbocycles. The Morgan fingerprint density at radius 2 is 1.82 bits per heavy atom. The van der Waals surface area contributed by atoms with Gasteiger partial charge in [-0.15, -0.1) is 0 Å². The number of anilines is 2. The third-order valence-corrected chi connectivity index (χ3v) is 6.43. The van der Waals surface area contributed by atoms with Gasteiger partial charge >= 0.3 is 12.1 Å². The van der Waals surface area contributed by atoms with Gasteiger partial charge in [0, 0.05) is 42.0 Å². The predicted octanol–water partition coefficient (Wildman–Crippen LogP) is 4.22. The van der Waals surface area contributed by atoms with E-state index < -0.39 is 6.09 Å². The average Bonchev–Trinajstić information content (AvgIpc) is 3.40. The maximum Gasteiger partial charge on any atom is 0.413 e. The highest BCUT2D eigenvalue weighted by Gasteiger charge is 2.25. The highest BCUT2D eigenvalue weighted by Crippen LogP contribution is 2.28. The normalized spacial score (nSPS) is 16.6. The number of carbonyl (C=O) groups is 1. The molecule has 4 aromatic heterocycles. The predicted molar refractivity (Wildman–Crippen MR) is 141 cm³/mol. The first-order valence-electron chi connectivity index (χ1n) is 12.1. The number of hydrogen-bond donors (Lipinski definition) is 3. The van der Waals surface area contributed by atoms with Gasteiger partial charge in [0.15, 0.2) is 0 Å². The van der Waals surface area contributed by atoms with Crippen LogP contribution in [0.3, 0.4) is 0 Å². The largest absolute Gasteiger partial charge is 0.467 e.